The highest BCUT2D eigenvalue weighted by Crippen LogP contribution is 2.44. The van der Waals surface area contributed by atoms with Crippen LogP contribution in [-0.4, -0.2) is 66.9 Å². The van der Waals surface area contributed by atoms with Gasteiger partial charge in [-0.3, -0.25) is 9.59 Å². The van der Waals surface area contributed by atoms with Gasteiger partial charge in [0.2, 0.25) is 5.91 Å². The molecular formula is C24H26N2O6. The lowest BCUT2D eigenvalue weighted by Gasteiger charge is -2.29. The van der Waals surface area contributed by atoms with Crippen molar-refractivity contribution in [3.05, 3.63) is 59.7 Å². The molecule has 2 aromatic rings. The number of benzene rings is 2. The second-order valence-corrected chi connectivity index (χ2v) is 8.19. The van der Waals surface area contributed by atoms with Gasteiger partial charge < -0.3 is 24.8 Å². The molecule has 8 nitrogen and oxygen atoms in total. The predicted octanol–water partition coefficient (Wildman–Crippen LogP) is 2.47. The number of alkyl carbamates (subject to hydrolysis) is 1. The summed E-state index contributed by atoms with van der Waals surface area (Å²) in [5, 5.41) is 11.9. The summed E-state index contributed by atoms with van der Waals surface area (Å²) >= 11 is 0. The Kier molecular flexibility index (Phi) is 6.14. The van der Waals surface area contributed by atoms with Gasteiger partial charge in [-0.25, -0.2) is 4.79 Å². The molecule has 1 aliphatic heterocycles. The molecule has 3 unspecified atom stereocenters. The average molecular weight is 438 g/mol. The molecule has 2 aliphatic rings. The number of rotatable bonds is 6. The highest BCUT2D eigenvalue weighted by Gasteiger charge is 2.39. The number of amides is 2. The summed E-state index contributed by atoms with van der Waals surface area (Å²) in [4.78, 5) is 37.9. The Morgan fingerprint density at radius 1 is 1.09 bits per heavy atom. The molecule has 0 spiro atoms. The van der Waals surface area contributed by atoms with Crippen molar-refractivity contribution in [2.45, 2.75) is 24.9 Å². The van der Waals surface area contributed by atoms with E-state index in [1.807, 2.05) is 36.4 Å². The van der Waals surface area contributed by atoms with E-state index in [1.165, 1.54) is 11.9 Å². The molecule has 8 heteroatoms. The van der Waals surface area contributed by atoms with Crippen molar-refractivity contribution in [2.24, 2.45) is 5.92 Å². The first kappa shape index (κ1) is 21.8. The Morgan fingerprint density at radius 3 is 2.28 bits per heavy atom. The Balaban J connectivity index is 1.36. The SMILES string of the molecule is CC(NC(=O)OCC1c2ccccc2-c2ccccc21)C(=O)N(C)C1COCC1C(=O)O. The molecule has 3 atom stereocenters. The van der Waals surface area contributed by atoms with E-state index in [2.05, 4.69) is 17.4 Å². The van der Waals surface area contributed by atoms with Crippen molar-refractivity contribution in [1.29, 1.82) is 0 Å². The largest absolute Gasteiger partial charge is 0.481 e. The molecule has 168 valence electrons. The Labute approximate surface area is 186 Å². The molecule has 2 amide bonds. The predicted molar refractivity (Wildman–Crippen MR) is 116 cm³/mol. The molecule has 1 saturated heterocycles. The van der Waals surface area contributed by atoms with E-state index < -0.39 is 36.0 Å². The van der Waals surface area contributed by atoms with Gasteiger partial charge in [0.15, 0.2) is 0 Å². The van der Waals surface area contributed by atoms with Crippen LogP contribution in [0.25, 0.3) is 11.1 Å². The van der Waals surface area contributed by atoms with E-state index in [4.69, 9.17) is 9.47 Å². The van der Waals surface area contributed by atoms with Crippen molar-refractivity contribution in [3.63, 3.8) is 0 Å². The van der Waals surface area contributed by atoms with Crippen LogP contribution in [0, 0.1) is 5.92 Å². The van der Waals surface area contributed by atoms with Crippen molar-refractivity contribution < 1.29 is 29.0 Å². The molecule has 0 bridgehead atoms. The number of carbonyl (C=O) groups excluding carboxylic acids is 2. The van der Waals surface area contributed by atoms with Gasteiger partial charge in [-0.2, -0.15) is 0 Å². The molecule has 1 heterocycles. The number of hydrogen-bond acceptors (Lipinski definition) is 5. The number of fused-ring (bicyclic) bond motifs is 3. The first-order valence-corrected chi connectivity index (χ1v) is 10.6. The van der Waals surface area contributed by atoms with Crippen LogP contribution in [0.5, 0.6) is 0 Å². The van der Waals surface area contributed by atoms with E-state index >= 15 is 0 Å². The Hall–Kier alpha value is -3.39. The molecule has 32 heavy (non-hydrogen) atoms. The first-order chi connectivity index (χ1) is 15.4. The minimum absolute atomic E-state index is 0.0613. The quantitative estimate of drug-likeness (QED) is 0.718. The average Bonchev–Trinajstić information content (AvgIpc) is 3.40. The van der Waals surface area contributed by atoms with Crippen molar-refractivity contribution >= 4 is 18.0 Å². The number of ether oxygens (including phenoxy) is 2. The van der Waals surface area contributed by atoms with Crippen LogP contribution in [0.3, 0.4) is 0 Å². The number of nitrogens with one attached hydrogen (secondary N) is 1. The number of likely N-dealkylation sites (N-methyl/N-ethyl adjacent to an activating group) is 1. The van der Waals surface area contributed by atoms with Crippen molar-refractivity contribution in [2.75, 3.05) is 26.9 Å². The summed E-state index contributed by atoms with van der Waals surface area (Å²) < 4.78 is 10.7. The topological polar surface area (TPSA) is 105 Å². The van der Waals surface area contributed by atoms with Crippen LogP contribution in [0.4, 0.5) is 4.79 Å². The van der Waals surface area contributed by atoms with Crippen molar-refractivity contribution in [3.8, 4) is 11.1 Å². The Bertz CT molecular complexity index is 993. The van der Waals surface area contributed by atoms with E-state index in [1.54, 1.807) is 6.92 Å². The highest BCUT2D eigenvalue weighted by atomic mass is 16.5. The van der Waals surface area contributed by atoms with E-state index in [9.17, 15) is 19.5 Å². The minimum atomic E-state index is -1.01. The minimum Gasteiger partial charge on any atom is -0.481 e. The number of aliphatic carboxylic acids is 1. The van der Waals surface area contributed by atoms with Crippen LogP contribution in [-0.2, 0) is 19.1 Å². The number of hydrogen-bond donors (Lipinski definition) is 2. The van der Waals surface area contributed by atoms with Gasteiger partial charge in [0.1, 0.15) is 18.6 Å². The smallest absolute Gasteiger partial charge is 0.407 e. The molecule has 0 aromatic heterocycles. The third kappa shape index (κ3) is 4.05. The summed E-state index contributed by atoms with van der Waals surface area (Å²) in [5.41, 5.74) is 4.47. The fourth-order valence-electron chi connectivity index (χ4n) is 4.51. The summed E-state index contributed by atoms with van der Waals surface area (Å²) in [7, 11) is 1.52. The molecule has 1 aliphatic carbocycles. The molecule has 2 aromatic carbocycles. The van der Waals surface area contributed by atoms with Gasteiger partial charge in [-0.1, -0.05) is 48.5 Å². The zero-order chi connectivity index (χ0) is 22.8. The molecule has 2 N–H and O–H groups in total. The number of carbonyl (C=O) groups is 3. The summed E-state index contributed by atoms with van der Waals surface area (Å²) in [5.74, 6) is -2.27. The molecule has 0 radical (unpaired) electrons. The second-order valence-electron chi connectivity index (χ2n) is 8.19. The lowest BCUT2D eigenvalue weighted by atomic mass is 9.98. The van der Waals surface area contributed by atoms with E-state index in [0.29, 0.717) is 0 Å². The number of nitrogens with zero attached hydrogens (tertiary/aromatic N) is 1. The highest BCUT2D eigenvalue weighted by molar-refractivity contribution is 5.86. The normalized spacial score (nSPS) is 20.2. The third-order valence-electron chi connectivity index (χ3n) is 6.26. The summed E-state index contributed by atoms with van der Waals surface area (Å²) in [6, 6.07) is 14.6. The number of carboxylic acids is 1. The van der Waals surface area contributed by atoms with Crippen LogP contribution in [0.15, 0.2) is 48.5 Å². The Morgan fingerprint density at radius 2 is 1.69 bits per heavy atom. The molecule has 1 fully saturated rings. The van der Waals surface area contributed by atoms with Gasteiger partial charge in [0.25, 0.3) is 0 Å². The van der Waals surface area contributed by atoms with Crippen LogP contribution < -0.4 is 5.32 Å². The lowest BCUT2D eigenvalue weighted by Crippen LogP contribution is -2.52. The fourth-order valence-corrected chi connectivity index (χ4v) is 4.51. The maximum atomic E-state index is 12.7. The van der Waals surface area contributed by atoms with Gasteiger partial charge in [-0.05, 0) is 29.2 Å². The van der Waals surface area contributed by atoms with Gasteiger partial charge >= 0.3 is 12.1 Å². The first-order valence-electron chi connectivity index (χ1n) is 10.6. The lowest BCUT2D eigenvalue weighted by molar-refractivity contribution is -0.144. The van der Waals surface area contributed by atoms with E-state index in [0.717, 1.165) is 22.3 Å². The van der Waals surface area contributed by atoms with Crippen LogP contribution >= 0.6 is 0 Å². The van der Waals surface area contributed by atoms with Crippen molar-refractivity contribution in [1.82, 2.24) is 10.2 Å². The van der Waals surface area contributed by atoms with Gasteiger partial charge in [0.05, 0.1) is 19.3 Å². The maximum Gasteiger partial charge on any atom is 0.407 e. The second kappa shape index (κ2) is 9.00. The van der Waals surface area contributed by atoms with Gasteiger partial charge in [-0.15, -0.1) is 0 Å². The zero-order valence-corrected chi connectivity index (χ0v) is 18.0. The maximum absolute atomic E-state index is 12.7. The van der Waals surface area contributed by atoms with Crippen LogP contribution in [0.2, 0.25) is 0 Å². The monoisotopic (exact) mass is 438 g/mol. The molecule has 0 saturated carbocycles. The molecule has 4 rings (SSSR count). The summed E-state index contributed by atoms with van der Waals surface area (Å²) in [6.07, 6.45) is -0.696. The molecular weight excluding hydrogens is 412 g/mol. The standard InChI is InChI=1S/C24H26N2O6/c1-14(22(27)26(2)21-13-31-11-20(21)23(28)29)25-24(30)32-12-19-17-9-5-3-7-15(17)16-8-4-6-10-18(16)19/h3-10,14,19-21H,11-13H2,1-2H3,(H,25,30)(H,28,29). The zero-order valence-electron chi connectivity index (χ0n) is 18.0. The van der Waals surface area contributed by atoms with Gasteiger partial charge in [0, 0.05) is 13.0 Å². The third-order valence-corrected chi connectivity index (χ3v) is 6.26. The fraction of sp³-hybridized carbons (Fsp3) is 0.375. The van der Waals surface area contributed by atoms with E-state index in [-0.39, 0.29) is 25.7 Å². The van der Waals surface area contributed by atoms with Crippen LogP contribution in [0.1, 0.15) is 24.0 Å². The number of carboxylic acid groups (broad SMARTS) is 1. The summed E-state index contributed by atoms with van der Waals surface area (Å²) in [6.45, 7) is 1.91.